The third-order valence-electron chi connectivity index (χ3n) is 2.91. The lowest BCUT2D eigenvalue weighted by atomic mass is 10.2. The number of fused-ring (bicyclic) bond motifs is 1. The molecule has 1 heterocycles. The van der Waals surface area contributed by atoms with Gasteiger partial charge in [-0.3, -0.25) is 9.78 Å². The van der Waals surface area contributed by atoms with Crippen LogP contribution in [0.3, 0.4) is 0 Å². The number of nitrogens with one attached hydrogen (secondary N) is 2. The molecule has 0 amide bonds. The van der Waals surface area contributed by atoms with E-state index in [4.69, 9.17) is 17.3 Å². The Morgan fingerprint density at radius 3 is 2.86 bits per heavy atom. The smallest absolute Gasteiger partial charge is 0.260 e. The molecule has 5 nitrogen and oxygen atoms in total. The van der Waals surface area contributed by atoms with Crippen LogP contribution in [0.15, 0.2) is 41.2 Å². The first-order valence-corrected chi connectivity index (χ1v) is 6.42. The molecule has 7 heteroatoms. The summed E-state index contributed by atoms with van der Waals surface area (Å²) in [5, 5.41) is 3.44. The highest BCUT2D eigenvalue weighted by molar-refractivity contribution is 6.30. The Labute approximate surface area is 123 Å². The molecule has 0 saturated carbocycles. The quantitative estimate of drug-likeness (QED) is 0.635. The highest BCUT2D eigenvalue weighted by atomic mass is 35.5. The van der Waals surface area contributed by atoms with Gasteiger partial charge in [-0.2, -0.15) is 0 Å². The van der Waals surface area contributed by atoms with Gasteiger partial charge in [0.2, 0.25) is 5.95 Å². The molecule has 0 aliphatic rings. The van der Waals surface area contributed by atoms with Crippen molar-refractivity contribution in [3.05, 3.63) is 57.6 Å². The third-order valence-corrected chi connectivity index (χ3v) is 3.15. The highest BCUT2D eigenvalue weighted by Crippen LogP contribution is 2.22. The Kier molecular flexibility index (Phi) is 3.23. The lowest BCUT2D eigenvalue weighted by Gasteiger charge is -2.08. The summed E-state index contributed by atoms with van der Waals surface area (Å²) < 4.78 is 13.7. The predicted molar refractivity (Wildman–Crippen MR) is 81.5 cm³/mol. The van der Waals surface area contributed by atoms with Crippen LogP contribution in [-0.2, 0) is 0 Å². The number of nitrogens with two attached hydrogens (primary N) is 1. The fourth-order valence-corrected chi connectivity index (χ4v) is 2.11. The minimum Gasteiger partial charge on any atom is -0.399 e. The molecule has 106 valence electrons. The van der Waals surface area contributed by atoms with Gasteiger partial charge in [0.1, 0.15) is 5.82 Å². The number of anilines is 3. The van der Waals surface area contributed by atoms with Gasteiger partial charge >= 0.3 is 0 Å². The molecular formula is C14H10ClFN4O. The topological polar surface area (TPSA) is 83.8 Å². The Balaban J connectivity index is 2.07. The lowest BCUT2D eigenvalue weighted by Crippen LogP contribution is -2.12. The van der Waals surface area contributed by atoms with Gasteiger partial charge < -0.3 is 11.1 Å². The molecule has 2 aromatic carbocycles. The Morgan fingerprint density at radius 2 is 2.05 bits per heavy atom. The molecular weight excluding hydrogens is 295 g/mol. The Hall–Kier alpha value is -2.60. The van der Waals surface area contributed by atoms with Crippen molar-refractivity contribution in [1.29, 1.82) is 0 Å². The molecule has 0 fully saturated rings. The van der Waals surface area contributed by atoms with Gasteiger partial charge in [0.15, 0.2) is 0 Å². The SMILES string of the molecule is Nc1ccc2nc(Nc3cc(Cl)ccc3F)[nH]c(=O)c2c1. The van der Waals surface area contributed by atoms with Crippen molar-refractivity contribution in [1.82, 2.24) is 9.97 Å². The molecule has 1 aromatic heterocycles. The van der Waals surface area contributed by atoms with Crippen molar-refractivity contribution in [3.63, 3.8) is 0 Å². The van der Waals surface area contributed by atoms with Crippen molar-refractivity contribution >= 4 is 39.8 Å². The van der Waals surface area contributed by atoms with E-state index in [9.17, 15) is 9.18 Å². The molecule has 4 N–H and O–H groups in total. The molecule has 0 aliphatic carbocycles. The van der Waals surface area contributed by atoms with E-state index in [2.05, 4.69) is 15.3 Å². The van der Waals surface area contributed by atoms with Gasteiger partial charge in [0, 0.05) is 10.7 Å². The van der Waals surface area contributed by atoms with Crippen LogP contribution in [0, 0.1) is 5.82 Å². The molecule has 0 aliphatic heterocycles. The Morgan fingerprint density at radius 1 is 1.24 bits per heavy atom. The van der Waals surface area contributed by atoms with E-state index in [0.29, 0.717) is 21.6 Å². The summed E-state index contributed by atoms with van der Waals surface area (Å²) in [6.45, 7) is 0. The maximum absolute atomic E-state index is 13.7. The van der Waals surface area contributed by atoms with E-state index in [-0.39, 0.29) is 17.2 Å². The fraction of sp³-hybridized carbons (Fsp3) is 0. The molecule has 0 radical (unpaired) electrons. The molecule has 0 spiro atoms. The summed E-state index contributed by atoms with van der Waals surface area (Å²) >= 11 is 5.81. The normalized spacial score (nSPS) is 10.8. The summed E-state index contributed by atoms with van der Waals surface area (Å²) in [6.07, 6.45) is 0. The molecule has 0 unspecified atom stereocenters. The summed E-state index contributed by atoms with van der Waals surface area (Å²) in [5.74, 6) is -0.377. The van der Waals surface area contributed by atoms with Crippen molar-refractivity contribution in [2.45, 2.75) is 0 Å². The molecule has 21 heavy (non-hydrogen) atoms. The zero-order valence-electron chi connectivity index (χ0n) is 10.7. The van der Waals surface area contributed by atoms with Gasteiger partial charge in [-0.25, -0.2) is 9.37 Å². The third kappa shape index (κ3) is 2.66. The molecule has 0 atom stereocenters. The van der Waals surface area contributed by atoms with Crippen molar-refractivity contribution in [2.75, 3.05) is 11.1 Å². The van der Waals surface area contributed by atoms with E-state index >= 15 is 0 Å². The molecule has 3 aromatic rings. The largest absolute Gasteiger partial charge is 0.399 e. The summed E-state index contributed by atoms with van der Waals surface area (Å²) in [6, 6.07) is 8.86. The standard InChI is InChI=1S/C14H10ClFN4O/c15-7-1-3-10(16)12(5-7)19-14-18-11-4-2-8(17)6-9(11)13(21)20-14/h1-6H,17H2,(H2,18,19,20,21). The number of H-pyrrole nitrogens is 1. The number of nitrogens with zero attached hydrogens (tertiary/aromatic N) is 1. The number of benzene rings is 2. The zero-order valence-corrected chi connectivity index (χ0v) is 11.4. The number of aromatic amines is 1. The van der Waals surface area contributed by atoms with Crippen LogP contribution in [0.1, 0.15) is 0 Å². The first-order valence-electron chi connectivity index (χ1n) is 6.04. The van der Waals surface area contributed by atoms with Crippen molar-refractivity contribution in [2.24, 2.45) is 0 Å². The maximum Gasteiger partial charge on any atom is 0.260 e. The van der Waals surface area contributed by atoms with E-state index in [1.807, 2.05) is 0 Å². The second-order valence-corrected chi connectivity index (χ2v) is 4.88. The number of aromatic nitrogens is 2. The number of nitrogen functional groups attached to an aromatic ring is 1. The monoisotopic (exact) mass is 304 g/mol. The van der Waals surface area contributed by atoms with E-state index in [1.54, 1.807) is 12.1 Å². The fourth-order valence-electron chi connectivity index (χ4n) is 1.94. The summed E-state index contributed by atoms with van der Waals surface area (Å²) in [5.41, 5.74) is 6.32. The number of halogens is 2. The van der Waals surface area contributed by atoms with E-state index in [1.165, 1.54) is 24.3 Å². The first kappa shape index (κ1) is 13.4. The van der Waals surface area contributed by atoms with Gasteiger partial charge in [0.05, 0.1) is 16.6 Å². The number of rotatable bonds is 2. The van der Waals surface area contributed by atoms with Gasteiger partial charge in [-0.05, 0) is 36.4 Å². The van der Waals surface area contributed by atoms with Crippen LogP contribution in [0.4, 0.5) is 21.7 Å². The van der Waals surface area contributed by atoms with Crippen LogP contribution < -0.4 is 16.6 Å². The molecule has 3 rings (SSSR count). The van der Waals surface area contributed by atoms with Gasteiger partial charge in [-0.1, -0.05) is 11.6 Å². The predicted octanol–water partition coefficient (Wildman–Crippen LogP) is 3.04. The van der Waals surface area contributed by atoms with Crippen LogP contribution in [0.25, 0.3) is 10.9 Å². The van der Waals surface area contributed by atoms with E-state index < -0.39 is 5.82 Å². The van der Waals surface area contributed by atoms with Crippen LogP contribution >= 0.6 is 11.6 Å². The molecule has 0 saturated heterocycles. The van der Waals surface area contributed by atoms with Gasteiger partial charge in [-0.15, -0.1) is 0 Å². The van der Waals surface area contributed by atoms with Crippen LogP contribution in [-0.4, -0.2) is 9.97 Å². The minimum atomic E-state index is -0.501. The summed E-state index contributed by atoms with van der Waals surface area (Å²) in [4.78, 5) is 18.7. The van der Waals surface area contributed by atoms with Crippen molar-refractivity contribution < 1.29 is 4.39 Å². The van der Waals surface area contributed by atoms with Crippen LogP contribution in [0.2, 0.25) is 5.02 Å². The maximum atomic E-state index is 13.7. The minimum absolute atomic E-state index is 0.124. The second kappa shape index (κ2) is 5.06. The highest BCUT2D eigenvalue weighted by Gasteiger charge is 2.07. The second-order valence-electron chi connectivity index (χ2n) is 4.44. The van der Waals surface area contributed by atoms with Crippen LogP contribution in [0.5, 0.6) is 0 Å². The average Bonchev–Trinajstić information content (AvgIpc) is 2.44. The van der Waals surface area contributed by atoms with Crippen molar-refractivity contribution in [3.8, 4) is 0 Å². The zero-order chi connectivity index (χ0) is 15.0. The summed E-state index contributed by atoms with van der Waals surface area (Å²) in [7, 11) is 0. The number of hydrogen-bond donors (Lipinski definition) is 3. The first-order chi connectivity index (χ1) is 10.0. The lowest BCUT2D eigenvalue weighted by molar-refractivity contribution is 0.631. The number of hydrogen-bond acceptors (Lipinski definition) is 4. The van der Waals surface area contributed by atoms with E-state index in [0.717, 1.165) is 0 Å². The Bertz CT molecular complexity index is 894. The van der Waals surface area contributed by atoms with Gasteiger partial charge in [0.25, 0.3) is 5.56 Å². The molecule has 0 bridgehead atoms. The average molecular weight is 305 g/mol.